The standard InChI is InChI=1S/C33H37N11O3S/c1-23(18-43-22-35-21-39-43)47-30-14-24(2-3-25(30)15-34)26-16-37-33(38-17-26)40-29-19-44(41-32(29)46-20-31-36-8-13-48-31)28-6-4-27(5-7-28)42-9-11-45-12-10-42/h2-3,8,13-14,16-17,19,21-23,27-28H,4-7,9-12,18,20H2,1H3,(H,37,38,40)/t23-,27-,28-/m0/s1. The quantitative estimate of drug-likeness (QED) is 0.193. The van der Waals surface area contributed by atoms with Crippen LogP contribution in [-0.4, -0.2) is 82.8 Å². The molecule has 1 aromatic carbocycles. The van der Waals surface area contributed by atoms with Crippen LogP contribution in [0.25, 0.3) is 11.1 Å². The van der Waals surface area contributed by atoms with Crippen molar-refractivity contribution >= 4 is 23.0 Å². The van der Waals surface area contributed by atoms with Crippen molar-refractivity contribution in [1.29, 1.82) is 5.26 Å². The lowest BCUT2D eigenvalue weighted by Crippen LogP contribution is -2.45. The van der Waals surface area contributed by atoms with Gasteiger partial charge in [-0.2, -0.15) is 10.4 Å². The molecule has 48 heavy (non-hydrogen) atoms. The van der Waals surface area contributed by atoms with E-state index in [1.807, 2.05) is 35.3 Å². The van der Waals surface area contributed by atoms with E-state index in [2.05, 4.69) is 41.3 Å². The van der Waals surface area contributed by atoms with E-state index in [4.69, 9.17) is 19.3 Å². The number of anilines is 2. The van der Waals surface area contributed by atoms with Crippen LogP contribution in [0.1, 0.15) is 49.2 Å². The molecule has 0 bridgehead atoms. The molecule has 1 saturated carbocycles. The van der Waals surface area contributed by atoms with Gasteiger partial charge in [-0.15, -0.1) is 16.4 Å². The molecule has 2 fully saturated rings. The molecular formula is C33H37N11O3S. The summed E-state index contributed by atoms with van der Waals surface area (Å²) in [4.78, 5) is 20.1. The van der Waals surface area contributed by atoms with Gasteiger partial charge in [0.2, 0.25) is 5.95 Å². The molecule has 2 aliphatic rings. The minimum Gasteiger partial charge on any atom is -0.487 e. The first-order chi connectivity index (χ1) is 23.6. The zero-order valence-electron chi connectivity index (χ0n) is 26.7. The Labute approximate surface area is 282 Å². The maximum atomic E-state index is 9.67. The van der Waals surface area contributed by atoms with Crippen molar-refractivity contribution < 1.29 is 14.2 Å². The number of thiazole rings is 1. The molecule has 1 aliphatic heterocycles. The van der Waals surface area contributed by atoms with Crippen LogP contribution >= 0.6 is 11.3 Å². The van der Waals surface area contributed by atoms with Gasteiger partial charge in [0.1, 0.15) is 47.9 Å². The van der Waals surface area contributed by atoms with Crippen molar-refractivity contribution in [2.75, 3.05) is 31.6 Å². The summed E-state index contributed by atoms with van der Waals surface area (Å²) in [6.45, 7) is 6.43. The first-order valence-electron chi connectivity index (χ1n) is 16.2. The molecule has 0 unspecified atom stereocenters. The lowest BCUT2D eigenvalue weighted by Gasteiger charge is -2.38. The zero-order valence-corrected chi connectivity index (χ0v) is 27.5. The molecule has 15 heteroatoms. The molecule has 1 aliphatic carbocycles. The second-order valence-corrected chi connectivity index (χ2v) is 12.9. The maximum absolute atomic E-state index is 9.67. The number of ether oxygens (including phenoxy) is 3. The first-order valence-corrected chi connectivity index (χ1v) is 17.0. The van der Waals surface area contributed by atoms with E-state index in [0.717, 1.165) is 68.1 Å². The van der Waals surface area contributed by atoms with Crippen LogP contribution in [0.3, 0.4) is 0 Å². The van der Waals surface area contributed by atoms with Gasteiger partial charge >= 0.3 is 0 Å². The maximum Gasteiger partial charge on any atom is 0.257 e. The lowest BCUT2D eigenvalue weighted by molar-refractivity contribution is 0.00502. The molecule has 1 saturated heterocycles. The molecule has 1 atom stereocenters. The molecule has 5 aromatic rings. The second-order valence-electron chi connectivity index (χ2n) is 11.9. The van der Waals surface area contributed by atoms with Crippen molar-refractivity contribution in [1.82, 2.24) is 44.4 Å². The first kappa shape index (κ1) is 31.7. The van der Waals surface area contributed by atoms with Crippen molar-refractivity contribution in [3.63, 3.8) is 0 Å². The van der Waals surface area contributed by atoms with Gasteiger partial charge in [0.25, 0.3) is 5.88 Å². The highest BCUT2D eigenvalue weighted by Crippen LogP contribution is 2.35. The van der Waals surface area contributed by atoms with Crippen LogP contribution in [0, 0.1) is 11.3 Å². The number of hydrogen-bond acceptors (Lipinski definition) is 13. The molecule has 4 aromatic heterocycles. The van der Waals surface area contributed by atoms with E-state index in [1.165, 1.54) is 6.33 Å². The summed E-state index contributed by atoms with van der Waals surface area (Å²) in [6.07, 6.45) is 14.5. The number of hydrogen-bond donors (Lipinski definition) is 1. The zero-order chi connectivity index (χ0) is 32.7. The monoisotopic (exact) mass is 667 g/mol. The highest BCUT2D eigenvalue weighted by Gasteiger charge is 2.29. The summed E-state index contributed by atoms with van der Waals surface area (Å²) in [6, 6.07) is 8.55. The minimum atomic E-state index is -0.232. The number of nitrogens with one attached hydrogen (secondary N) is 1. The largest absolute Gasteiger partial charge is 0.487 e. The van der Waals surface area contributed by atoms with Gasteiger partial charge in [-0.3, -0.25) is 9.58 Å². The molecule has 14 nitrogen and oxygen atoms in total. The number of benzene rings is 1. The minimum absolute atomic E-state index is 0.232. The Balaban J connectivity index is 1.05. The molecule has 0 radical (unpaired) electrons. The fourth-order valence-electron chi connectivity index (χ4n) is 6.24. The van der Waals surface area contributed by atoms with Crippen LogP contribution in [-0.2, 0) is 17.9 Å². The predicted octanol–water partition coefficient (Wildman–Crippen LogP) is 4.87. The number of morpholine rings is 1. The van der Waals surface area contributed by atoms with Gasteiger partial charge in [0, 0.05) is 48.7 Å². The normalized spacial score (nSPS) is 19.0. The van der Waals surface area contributed by atoms with E-state index in [9.17, 15) is 5.26 Å². The average molecular weight is 668 g/mol. The number of rotatable bonds is 12. The average Bonchev–Trinajstić information content (AvgIpc) is 3.92. The van der Waals surface area contributed by atoms with Crippen LogP contribution in [0.2, 0.25) is 0 Å². The van der Waals surface area contributed by atoms with Crippen molar-refractivity contribution in [2.45, 2.75) is 63.9 Å². The SMILES string of the molecule is C[C@@H](Cn1cncn1)Oc1cc(-c2cnc(Nc3cn([C@H]4CC[C@H](N5CCOCC5)CC4)nc3OCc3nccs3)nc2)ccc1C#N. The highest BCUT2D eigenvalue weighted by atomic mass is 32.1. The van der Waals surface area contributed by atoms with Crippen LogP contribution < -0.4 is 14.8 Å². The lowest BCUT2D eigenvalue weighted by atomic mass is 9.90. The summed E-state index contributed by atoms with van der Waals surface area (Å²) in [5.41, 5.74) is 2.76. The summed E-state index contributed by atoms with van der Waals surface area (Å²) in [7, 11) is 0. The Bertz CT molecular complexity index is 1790. The van der Waals surface area contributed by atoms with Gasteiger partial charge in [0.05, 0.1) is 37.6 Å². The fraction of sp³-hybridized carbons (Fsp3) is 0.424. The topological polar surface area (TPSA) is 154 Å². The van der Waals surface area contributed by atoms with E-state index in [0.29, 0.717) is 48.0 Å². The third-order valence-corrected chi connectivity index (χ3v) is 9.44. The Hall–Kier alpha value is -4.91. The molecule has 5 heterocycles. The molecule has 1 N–H and O–H groups in total. The third kappa shape index (κ3) is 7.62. The number of aromatic nitrogens is 8. The van der Waals surface area contributed by atoms with Gasteiger partial charge in [-0.25, -0.2) is 24.6 Å². The Morgan fingerprint density at radius 1 is 1.08 bits per heavy atom. The van der Waals surface area contributed by atoms with Crippen LogP contribution in [0.4, 0.5) is 11.6 Å². The Morgan fingerprint density at radius 2 is 1.90 bits per heavy atom. The third-order valence-electron chi connectivity index (χ3n) is 8.69. The van der Waals surface area contributed by atoms with E-state index >= 15 is 0 Å². The van der Waals surface area contributed by atoms with E-state index in [1.54, 1.807) is 47.0 Å². The number of nitriles is 1. The van der Waals surface area contributed by atoms with Crippen molar-refractivity contribution in [3.05, 3.63) is 71.6 Å². The molecule has 0 amide bonds. The Kier molecular flexibility index (Phi) is 9.82. The van der Waals surface area contributed by atoms with Crippen molar-refractivity contribution in [3.8, 4) is 28.8 Å². The summed E-state index contributed by atoms with van der Waals surface area (Å²) >= 11 is 1.54. The van der Waals surface area contributed by atoms with Crippen molar-refractivity contribution in [2.24, 2.45) is 0 Å². The second kappa shape index (κ2) is 14.9. The summed E-state index contributed by atoms with van der Waals surface area (Å²) in [5, 5.41) is 24.8. The summed E-state index contributed by atoms with van der Waals surface area (Å²) < 4.78 is 21.6. The molecule has 0 spiro atoms. The van der Waals surface area contributed by atoms with Gasteiger partial charge < -0.3 is 19.5 Å². The van der Waals surface area contributed by atoms with Crippen LogP contribution in [0.5, 0.6) is 11.6 Å². The summed E-state index contributed by atoms with van der Waals surface area (Å²) in [5.74, 6) is 1.39. The molecular weight excluding hydrogens is 631 g/mol. The van der Waals surface area contributed by atoms with E-state index < -0.39 is 0 Å². The molecule has 7 rings (SSSR count). The highest BCUT2D eigenvalue weighted by molar-refractivity contribution is 7.09. The number of nitrogens with zero attached hydrogens (tertiary/aromatic N) is 10. The van der Waals surface area contributed by atoms with Crippen LogP contribution in [0.15, 0.2) is 61.0 Å². The fourth-order valence-corrected chi connectivity index (χ4v) is 6.77. The van der Waals surface area contributed by atoms with Gasteiger partial charge in [-0.1, -0.05) is 6.07 Å². The van der Waals surface area contributed by atoms with Gasteiger partial charge in [-0.05, 0) is 50.3 Å². The predicted molar refractivity (Wildman–Crippen MR) is 178 cm³/mol. The Morgan fingerprint density at radius 3 is 2.62 bits per heavy atom. The van der Waals surface area contributed by atoms with Gasteiger partial charge in [0.15, 0.2) is 0 Å². The molecule has 248 valence electrons. The van der Waals surface area contributed by atoms with E-state index in [-0.39, 0.29) is 12.1 Å². The smallest absolute Gasteiger partial charge is 0.257 e.